The highest BCUT2D eigenvalue weighted by Gasteiger charge is 2.44. The van der Waals surface area contributed by atoms with Gasteiger partial charge >= 0.3 is 6.09 Å². The molecular formula is C32H47N3O8S. The van der Waals surface area contributed by atoms with Gasteiger partial charge in [-0.2, -0.15) is 4.31 Å². The maximum atomic E-state index is 14.0. The summed E-state index contributed by atoms with van der Waals surface area (Å²) in [6.07, 6.45) is -1.02. The van der Waals surface area contributed by atoms with Gasteiger partial charge in [0.05, 0.1) is 43.3 Å². The first-order valence-corrected chi connectivity index (χ1v) is 16.5. The van der Waals surface area contributed by atoms with Crippen molar-refractivity contribution >= 4 is 16.1 Å². The van der Waals surface area contributed by atoms with Crippen molar-refractivity contribution in [1.29, 1.82) is 0 Å². The largest absolute Gasteiger partial charge is 0.497 e. The highest BCUT2D eigenvalue weighted by molar-refractivity contribution is 7.89. The lowest BCUT2D eigenvalue weighted by Gasteiger charge is -2.35. The van der Waals surface area contributed by atoms with Crippen LogP contribution in [0.15, 0.2) is 59.5 Å². The second-order valence-corrected chi connectivity index (χ2v) is 14.6. The van der Waals surface area contributed by atoms with Crippen molar-refractivity contribution in [2.24, 2.45) is 11.3 Å². The van der Waals surface area contributed by atoms with E-state index in [9.17, 15) is 18.3 Å². The van der Waals surface area contributed by atoms with Crippen LogP contribution in [0.2, 0.25) is 0 Å². The fraction of sp³-hybridized carbons (Fsp3) is 0.594. The number of methoxy groups -OCH3 is 1. The zero-order valence-corrected chi connectivity index (χ0v) is 27.2. The Bertz CT molecular complexity index is 1310. The third kappa shape index (κ3) is 9.15. The van der Waals surface area contributed by atoms with E-state index in [1.54, 1.807) is 12.1 Å². The minimum Gasteiger partial charge on any atom is -0.497 e. The molecule has 2 heterocycles. The summed E-state index contributed by atoms with van der Waals surface area (Å²) in [6.45, 7) is 5.52. The fourth-order valence-electron chi connectivity index (χ4n) is 5.58. The van der Waals surface area contributed by atoms with E-state index in [0.29, 0.717) is 12.4 Å². The summed E-state index contributed by atoms with van der Waals surface area (Å²) >= 11 is 0. The molecule has 0 bridgehead atoms. The second-order valence-electron chi connectivity index (χ2n) is 12.7. The van der Waals surface area contributed by atoms with Crippen LogP contribution in [0.25, 0.3) is 0 Å². The number of aliphatic hydroxyl groups excluding tert-OH is 1. The molecule has 0 aliphatic carbocycles. The van der Waals surface area contributed by atoms with E-state index in [-0.39, 0.29) is 43.2 Å². The van der Waals surface area contributed by atoms with Crippen molar-refractivity contribution < 1.29 is 37.3 Å². The third-order valence-electron chi connectivity index (χ3n) is 8.24. The van der Waals surface area contributed by atoms with Gasteiger partial charge in [0.2, 0.25) is 10.0 Å². The Morgan fingerprint density at radius 2 is 1.82 bits per heavy atom. The molecular weight excluding hydrogens is 586 g/mol. The topological polar surface area (TPSA) is 127 Å². The molecule has 3 unspecified atom stereocenters. The molecule has 2 fully saturated rings. The molecule has 11 nitrogen and oxygen atoms in total. The number of amides is 1. The van der Waals surface area contributed by atoms with Crippen LogP contribution in [0.4, 0.5) is 4.79 Å². The van der Waals surface area contributed by atoms with Crippen molar-refractivity contribution in [1.82, 2.24) is 14.5 Å². The van der Waals surface area contributed by atoms with Crippen molar-refractivity contribution in [2.75, 3.05) is 54.1 Å². The molecule has 2 aliphatic rings. The monoisotopic (exact) mass is 633 g/mol. The number of hydrogen-bond donors (Lipinski definition) is 2. The van der Waals surface area contributed by atoms with Gasteiger partial charge < -0.3 is 34.3 Å². The Balaban J connectivity index is 1.56. The van der Waals surface area contributed by atoms with Gasteiger partial charge in [-0.1, -0.05) is 44.2 Å². The Hall–Kier alpha value is -2.74. The predicted octanol–water partition coefficient (Wildman–Crippen LogP) is 3.12. The molecule has 1 amide bonds. The van der Waals surface area contributed by atoms with E-state index in [0.717, 1.165) is 24.9 Å². The SMILES string of the molecule is COc1ccc(S(=O)(=O)N(C[C@@H](O)[C@H](Cc2ccccc2)NC(=O)OC2COC3OCCC23)CC(C)(C)CCN(C)C)cc1. The van der Waals surface area contributed by atoms with Crippen LogP contribution in [0.3, 0.4) is 0 Å². The molecule has 2 aliphatic heterocycles. The average molecular weight is 634 g/mol. The summed E-state index contributed by atoms with van der Waals surface area (Å²) < 4.78 is 51.5. The number of aliphatic hydroxyl groups is 1. The van der Waals surface area contributed by atoms with Gasteiger partial charge in [0, 0.05) is 13.1 Å². The minimum atomic E-state index is -4.03. The van der Waals surface area contributed by atoms with E-state index < -0.39 is 39.8 Å². The van der Waals surface area contributed by atoms with Gasteiger partial charge in [0.1, 0.15) is 11.9 Å². The third-order valence-corrected chi connectivity index (χ3v) is 10.1. The predicted molar refractivity (Wildman–Crippen MR) is 166 cm³/mol. The molecule has 2 N–H and O–H groups in total. The average Bonchev–Trinajstić information content (AvgIpc) is 3.61. The molecule has 2 saturated heterocycles. The van der Waals surface area contributed by atoms with Gasteiger partial charge in [-0.15, -0.1) is 0 Å². The Kier molecular flexibility index (Phi) is 11.7. The number of carbonyl (C=O) groups excluding carboxylic acids is 1. The van der Waals surface area contributed by atoms with Crippen LogP contribution in [0.1, 0.15) is 32.3 Å². The molecule has 12 heteroatoms. The molecule has 2 aromatic rings. The van der Waals surface area contributed by atoms with Crippen LogP contribution in [-0.4, -0.2) is 107 Å². The van der Waals surface area contributed by atoms with Gasteiger partial charge in [-0.3, -0.25) is 0 Å². The lowest BCUT2D eigenvalue weighted by Crippen LogP contribution is -2.52. The number of hydrogen-bond acceptors (Lipinski definition) is 9. The number of fused-ring (bicyclic) bond motifs is 1. The number of nitrogens with zero attached hydrogens (tertiary/aromatic N) is 2. The van der Waals surface area contributed by atoms with Crippen molar-refractivity contribution in [2.45, 2.75) is 62.5 Å². The van der Waals surface area contributed by atoms with Gasteiger partial charge in [0.15, 0.2) is 6.29 Å². The number of ether oxygens (including phenoxy) is 4. The van der Waals surface area contributed by atoms with Crippen LogP contribution in [0.5, 0.6) is 5.75 Å². The molecule has 5 atom stereocenters. The molecule has 0 aromatic heterocycles. The standard InChI is InChI=1S/C32H47N3O8S/c1-32(2,16-17-34(3)4)22-35(44(38,39)25-13-11-24(40-5)12-14-25)20-28(36)27(19-23-9-7-6-8-10-23)33-31(37)43-29-21-42-30-26(29)15-18-41-30/h6-14,26-30,36H,15-22H2,1-5H3,(H,33,37)/t26?,27-,28+,29?,30?/m0/s1. The summed E-state index contributed by atoms with van der Waals surface area (Å²) in [5.74, 6) is 0.503. The van der Waals surface area contributed by atoms with Crippen molar-refractivity contribution in [3.8, 4) is 5.75 Å². The van der Waals surface area contributed by atoms with Crippen LogP contribution in [0, 0.1) is 11.3 Å². The fourth-order valence-corrected chi connectivity index (χ4v) is 7.23. The van der Waals surface area contributed by atoms with Gasteiger partial charge in [0.25, 0.3) is 0 Å². The summed E-state index contributed by atoms with van der Waals surface area (Å²) in [6, 6.07) is 14.8. The number of nitrogens with one attached hydrogen (secondary N) is 1. The number of carbonyl (C=O) groups is 1. The van der Waals surface area contributed by atoms with Gasteiger partial charge in [-0.05, 0) is 75.1 Å². The summed E-state index contributed by atoms with van der Waals surface area (Å²) in [5, 5.41) is 14.5. The summed E-state index contributed by atoms with van der Waals surface area (Å²) in [7, 11) is 1.44. The van der Waals surface area contributed by atoms with Gasteiger partial charge in [-0.25, -0.2) is 13.2 Å². The molecule has 44 heavy (non-hydrogen) atoms. The van der Waals surface area contributed by atoms with E-state index in [4.69, 9.17) is 18.9 Å². The highest BCUT2D eigenvalue weighted by atomic mass is 32.2. The molecule has 0 spiro atoms. The van der Waals surface area contributed by atoms with Crippen LogP contribution >= 0.6 is 0 Å². The molecule has 0 saturated carbocycles. The summed E-state index contributed by atoms with van der Waals surface area (Å²) in [5.41, 5.74) is 0.467. The van der Waals surface area contributed by atoms with Crippen molar-refractivity contribution in [3.05, 3.63) is 60.2 Å². The Labute approximate surface area is 261 Å². The smallest absolute Gasteiger partial charge is 0.407 e. The highest BCUT2D eigenvalue weighted by Crippen LogP contribution is 2.33. The number of alkyl carbamates (subject to hydrolysis) is 1. The number of rotatable bonds is 15. The molecule has 244 valence electrons. The maximum Gasteiger partial charge on any atom is 0.407 e. The minimum absolute atomic E-state index is 0.0345. The zero-order chi connectivity index (χ0) is 31.9. The Morgan fingerprint density at radius 1 is 1.11 bits per heavy atom. The number of sulfonamides is 1. The normalized spacial score (nSPS) is 21.7. The first-order chi connectivity index (χ1) is 20.9. The lowest BCUT2D eigenvalue weighted by molar-refractivity contribution is -0.0907. The van der Waals surface area contributed by atoms with E-state index in [1.807, 2.05) is 58.3 Å². The van der Waals surface area contributed by atoms with E-state index >= 15 is 0 Å². The number of benzene rings is 2. The molecule has 4 rings (SSSR count). The van der Waals surface area contributed by atoms with Crippen LogP contribution < -0.4 is 10.1 Å². The quantitative estimate of drug-likeness (QED) is 0.304. The molecule has 2 aromatic carbocycles. The molecule has 0 radical (unpaired) electrons. The zero-order valence-electron chi connectivity index (χ0n) is 26.3. The van der Waals surface area contributed by atoms with E-state index in [2.05, 4.69) is 10.2 Å². The lowest BCUT2D eigenvalue weighted by atomic mass is 9.89. The first kappa shape index (κ1) is 34.1. The first-order valence-electron chi connectivity index (χ1n) is 15.1. The summed E-state index contributed by atoms with van der Waals surface area (Å²) in [4.78, 5) is 15.3. The van der Waals surface area contributed by atoms with Crippen LogP contribution in [-0.2, 0) is 30.7 Å². The van der Waals surface area contributed by atoms with Crippen molar-refractivity contribution in [3.63, 3.8) is 0 Å². The Morgan fingerprint density at radius 3 is 2.48 bits per heavy atom. The maximum absolute atomic E-state index is 14.0. The van der Waals surface area contributed by atoms with E-state index in [1.165, 1.54) is 23.5 Å². The second kappa shape index (κ2) is 15.0.